The maximum atomic E-state index is 13.8. The molecule has 3 rings (SSSR count). The van der Waals surface area contributed by atoms with Crippen LogP contribution in [0.25, 0.3) is 0 Å². The highest BCUT2D eigenvalue weighted by atomic mass is 79.9. The average molecular weight is 463 g/mol. The Morgan fingerprint density at radius 2 is 1.86 bits per heavy atom. The second-order valence-electron chi connectivity index (χ2n) is 7.08. The molecule has 1 saturated heterocycles. The van der Waals surface area contributed by atoms with Gasteiger partial charge < -0.3 is 15.0 Å². The normalized spacial score (nSPS) is 14.5. The van der Waals surface area contributed by atoms with E-state index in [9.17, 15) is 14.0 Å². The van der Waals surface area contributed by atoms with E-state index in [-0.39, 0.29) is 30.3 Å². The first kappa shape index (κ1) is 21.3. The molecule has 5 nitrogen and oxygen atoms in total. The van der Waals surface area contributed by atoms with Crippen molar-refractivity contribution in [1.82, 2.24) is 10.2 Å². The summed E-state index contributed by atoms with van der Waals surface area (Å²) in [6, 6.07) is 14.3. The monoisotopic (exact) mass is 462 g/mol. The predicted octanol–water partition coefficient (Wildman–Crippen LogP) is 4.30. The van der Waals surface area contributed by atoms with Gasteiger partial charge in [-0.15, -0.1) is 0 Å². The fourth-order valence-corrected chi connectivity index (χ4v) is 3.74. The molecule has 0 aromatic heterocycles. The third-order valence-electron chi connectivity index (χ3n) is 5.03. The number of carbonyl (C=O) groups excluding carboxylic acids is 2. The third kappa shape index (κ3) is 6.29. The van der Waals surface area contributed by atoms with Crippen molar-refractivity contribution in [2.24, 2.45) is 5.92 Å². The number of carbonyl (C=O) groups is 2. The Balaban J connectivity index is 1.37. The van der Waals surface area contributed by atoms with Gasteiger partial charge in [0.05, 0.1) is 0 Å². The van der Waals surface area contributed by atoms with Crippen molar-refractivity contribution >= 4 is 27.9 Å². The van der Waals surface area contributed by atoms with Gasteiger partial charge in [0.25, 0.3) is 0 Å². The maximum absolute atomic E-state index is 13.8. The molecular weight excluding hydrogens is 439 g/mol. The number of likely N-dealkylation sites (tertiary alicyclic amines) is 1. The van der Waals surface area contributed by atoms with Crippen LogP contribution in [0.1, 0.15) is 24.0 Å². The second kappa shape index (κ2) is 10.4. The number of rotatable bonds is 6. The molecule has 154 valence electrons. The summed E-state index contributed by atoms with van der Waals surface area (Å²) >= 11 is 3.32. The van der Waals surface area contributed by atoms with E-state index in [0.717, 1.165) is 10.0 Å². The van der Waals surface area contributed by atoms with Crippen molar-refractivity contribution in [2.75, 3.05) is 19.6 Å². The Labute approximate surface area is 178 Å². The van der Waals surface area contributed by atoms with Gasteiger partial charge in [0, 0.05) is 30.0 Å². The summed E-state index contributed by atoms with van der Waals surface area (Å²) in [7, 11) is 0. The number of piperidine rings is 1. The number of ether oxygens (including phenoxy) is 1. The van der Waals surface area contributed by atoms with Gasteiger partial charge in [-0.25, -0.2) is 9.18 Å². The van der Waals surface area contributed by atoms with Crippen molar-refractivity contribution in [1.29, 1.82) is 0 Å². The van der Waals surface area contributed by atoms with Gasteiger partial charge in [0.15, 0.2) is 0 Å². The summed E-state index contributed by atoms with van der Waals surface area (Å²) in [6.07, 6.45) is 1.27. The topological polar surface area (TPSA) is 58.6 Å². The minimum atomic E-state index is -0.349. The van der Waals surface area contributed by atoms with Gasteiger partial charge in [0.1, 0.15) is 12.4 Å². The molecule has 0 atom stereocenters. The highest BCUT2D eigenvalue weighted by Crippen LogP contribution is 2.19. The van der Waals surface area contributed by atoms with E-state index in [4.69, 9.17) is 4.74 Å². The third-order valence-corrected chi connectivity index (χ3v) is 5.52. The molecule has 0 radical (unpaired) electrons. The van der Waals surface area contributed by atoms with E-state index in [2.05, 4.69) is 21.2 Å². The number of hydrogen-bond acceptors (Lipinski definition) is 3. The summed E-state index contributed by atoms with van der Waals surface area (Å²) in [5.74, 6) is -0.456. The molecule has 0 bridgehead atoms. The molecule has 29 heavy (non-hydrogen) atoms. The first-order chi connectivity index (χ1) is 14.0. The number of amides is 2. The van der Waals surface area contributed by atoms with Gasteiger partial charge in [0.2, 0.25) is 5.91 Å². The van der Waals surface area contributed by atoms with Crippen molar-refractivity contribution in [2.45, 2.75) is 25.9 Å². The number of benzene rings is 2. The predicted molar refractivity (Wildman–Crippen MR) is 112 cm³/mol. The second-order valence-corrected chi connectivity index (χ2v) is 7.99. The molecule has 1 aliphatic heterocycles. The standard InChI is InChI=1S/C22H24BrFN2O3/c23-19-6-7-20(24)18(14-19)8-11-25-21(27)17-9-12-26(13-10-17)22(28)29-15-16-4-2-1-3-5-16/h1-7,14,17H,8-13,15H2,(H,25,27). The zero-order chi connectivity index (χ0) is 20.6. The van der Waals surface area contributed by atoms with Crippen LogP contribution in [-0.2, 0) is 22.6 Å². The lowest BCUT2D eigenvalue weighted by molar-refractivity contribution is -0.126. The molecule has 0 saturated carbocycles. The molecule has 0 aliphatic carbocycles. The molecule has 1 fully saturated rings. The lowest BCUT2D eigenvalue weighted by atomic mass is 9.96. The van der Waals surface area contributed by atoms with Gasteiger partial charge in [-0.05, 0) is 48.6 Å². The zero-order valence-corrected chi connectivity index (χ0v) is 17.7. The molecule has 2 amide bonds. The van der Waals surface area contributed by atoms with E-state index < -0.39 is 0 Å². The van der Waals surface area contributed by atoms with E-state index in [1.54, 1.807) is 17.0 Å². The van der Waals surface area contributed by atoms with Crippen LogP contribution in [-0.4, -0.2) is 36.5 Å². The lowest BCUT2D eigenvalue weighted by Crippen LogP contribution is -2.43. The Kier molecular flexibility index (Phi) is 7.63. The Bertz CT molecular complexity index is 839. The summed E-state index contributed by atoms with van der Waals surface area (Å²) in [5.41, 5.74) is 1.51. The highest BCUT2D eigenvalue weighted by molar-refractivity contribution is 9.10. The van der Waals surface area contributed by atoms with Crippen molar-refractivity contribution in [3.63, 3.8) is 0 Å². The molecule has 7 heteroatoms. The first-order valence-corrected chi connectivity index (χ1v) is 10.5. The van der Waals surface area contributed by atoms with Crippen LogP contribution < -0.4 is 5.32 Å². The van der Waals surface area contributed by atoms with Gasteiger partial charge in [-0.2, -0.15) is 0 Å². The molecule has 1 aliphatic rings. The van der Waals surface area contributed by atoms with E-state index in [1.165, 1.54) is 6.07 Å². The highest BCUT2D eigenvalue weighted by Gasteiger charge is 2.27. The quantitative estimate of drug-likeness (QED) is 0.696. The molecule has 1 heterocycles. The molecular formula is C22H24BrFN2O3. The lowest BCUT2D eigenvalue weighted by Gasteiger charge is -2.30. The first-order valence-electron chi connectivity index (χ1n) is 9.70. The number of nitrogens with zero attached hydrogens (tertiary/aromatic N) is 1. The molecule has 2 aromatic rings. The fraction of sp³-hybridized carbons (Fsp3) is 0.364. The van der Waals surface area contributed by atoms with Crippen molar-refractivity contribution < 1.29 is 18.7 Å². The average Bonchev–Trinajstić information content (AvgIpc) is 2.75. The summed E-state index contributed by atoms with van der Waals surface area (Å²) in [5, 5.41) is 2.88. The minimum Gasteiger partial charge on any atom is -0.445 e. The SMILES string of the molecule is O=C(NCCc1cc(Br)ccc1F)C1CCN(C(=O)OCc2ccccc2)CC1. The van der Waals surface area contributed by atoms with E-state index in [0.29, 0.717) is 44.5 Å². The van der Waals surface area contributed by atoms with Gasteiger partial charge >= 0.3 is 6.09 Å². The largest absolute Gasteiger partial charge is 0.445 e. The summed E-state index contributed by atoms with van der Waals surface area (Å²) < 4.78 is 19.9. The molecule has 0 unspecified atom stereocenters. The van der Waals surface area contributed by atoms with Crippen LogP contribution in [0.2, 0.25) is 0 Å². The van der Waals surface area contributed by atoms with Crippen molar-refractivity contribution in [3.05, 3.63) is 69.9 Å². The minimum absolute atomic E-state index is 0.0438. The van der Waals surface area contributed by atoms with Gasteiger partial charge in [-0.1, -0.05) is 46.3 Å². The maximum Gasteiger partial charge on any atom is 0.410 e. The van der Waals surface area contributed by atoms with E-state index >= 15 is 0 Å². The van der Waals surface area contributed by atoms with Crippen LogP contribution in [0.4, 0.5) is 9.18 Å². The van der Waals surface area contributed by atoms with Gasteiger partial charge in [-0.3, -0.25) is 4.79 Å². The molecule has 2 aromatic carbocycles. The fourth-order valence-electron chi connectivity index (χ4n) is 3.33. The van der Waals surface area contributed by atoms with Crippen LogP contribution in [0.15, 0.2) is 53.0 Å². The zero-order valence-electron chi connectivity index (χ0n) is 16.1. The Morgan fingerprint density at radius 1 is 1.14 bits per heavy atom. The van der Waals surface area contributed by atoms with Crippen LogP contribution in [0.3, 0.4) is 0 Å². The smallest absolute Gasteiger partial charge is 0.410 e. The number of hydrogen-bond donors (Lipinski definition) is 1. The van der Waals surface area contributed by atoms with Crippen molar-refractivity contribution in [3.8, 4) is 0 Å². The Morgan fingerprint density at radius 3 is 2.59 bits per heavy atom. The summed E-state index contributed by atoms with van der Waals surface area (Å²) in [4.78, 5) is 26.2. The van der Waals surface area contributed by atoms with Crippen LogP contribution in [0, 0.1) is 11.7 Å². The summed E-state index contributed by atoms with van der Waals surface area (Å²) in [6.45, 7) is 1.61. The van der Waals surface area contributed by atoms with Crippen LogP contribution >= 0.6 is 15.9 Å². The number of halogens is 2. The Hall–Kier alpha value is -2.41. The van der Waals surface area contributed by atoms with E-state index in [1.807, 2.05) is 30.3 Å². The van der Waals surface area contributed by atoms with Crippen LogP contribution in [0.5, 0.6) is 0 Å². The molecule has 0 spiro atoms. The number of nitrogens with one attached hydrogen (secondary N) is 1. The molecule has 1 N–H and O–H groups in total.